The summed E-state index contributed by atoms with van der Waals surface area (Å²) in [6.45, 7) is 7.87. The van der Waals surface area contributed by atoms with E-state index in [0.29, 0.717) is 6.04 Å². The predicted molar refractivity (Wildman–Crippen MR) is 82.0 cm³/mol. The van der Waals surface area contributed by atoms with Gasteiger partial charge in [0, 0.05) is 28.8 Å². The quantitative estimate of drug-likeness (QED) is 0.891. The number of rotatable bonds is 2. The van der Waals surface area contributed by atoms with Gasteiger partial charge in [0.1, 0.15) is 0 Å². The number of nitrogens with two attached hydrogens (primary N) is 1. The fraction of sp³-hybridized carbons (Fsp3) is 0.600. The minimum Gasteiger partial charge on any atom is -0.369 e. The summed E-state index contributed by atoms with van der Waals surface area (Å²) in [6.07, 6.45) is 2.55. The van der Waals surface area contributed by atoms with Crippen LogP contribution in [-0.2, 0) is 0 Å². The molecule has 1 fully saturated rings. The second-order valence-electron chi connectivity index (χ2n) is 5.66. The maximum Gasteiger partial charge on any atom is 0.0417 e. The molecule has 0 bridgehead atoms. The van der Waals surface area contributed by atoms with Gasteiger partial charge in [-0.05, 0) is 56.4 Å². The normalized spacial score (nSPS) is 26.2. The molecule has 2 nitrogen and oxygen atoms in total. The average Bonchev–Trinajstić information content (AvgIpc) is 2.29. The fourth-order valence-electron chi connectivity index (χ4n) is 2.92. The molecule has 1 aliphatic rings. The average molecular weight is 311 g/mol. The molecule has 3 heteroatoms. The first kappa shape index (κ1) is 13.9. The molecular weight excluding hydrogens is 288 g/mol. The van der Waals surface area contributed by atoms with Crippen LogP contribution in [0.2, 0.25) is 0 Å². The summed E-state index contributed by atoms with van der Waals surface area (Å²) in [5.74, 6) is 0.838. The van der Waals surface area contributed by atoms with Crippen molar-refractivity contribution in [3.63, 3.8) is 0 Å². The molecule has 2 N–H and O–H groups in total. The van der Waals surface area contributed by atoms with E-state index >= 15 is 0 Å². The number of nitrogens with zero attached hydrogens (tertiary/aromatic N) is 1. The van der Waals surface area contributed by atoms with Crippen molar-refractivity contribution in [1.29, 1.82) is 0 Å². The predicted octanol–water partition coefficient (Wildman–Crippen LogP) is 4.09. The number of halogens is 1. The third kappa shape index (κ3) is 2.89. The molecule has 2 rings (SSSR count). The minimum atomic E-state index is 0.0732. The second-order valence-corrected chi connectivity index (χ2v) is 6.58. The number of piperidine rings is 1. The van der Waals surface area contributed by atoms with Crippen molar-refractivity contribution in [3.05, 3.63) is 28.2 Å². The van der Waals surface area contributed by atoms with Gasteiger partial charge in [-0.1, -0.05) is 22.9 Å². The molecule has 0 aliphatic carbocycles. The van der Waals surface area contributed by atoms with Crippen LogP contribution in [0.4, 0.5) is 5.69 Å². The second kappa shape index (κ2) is 5.62. The highest BCUT2D eigenvalue weighted by atomic mass is 79.9. The third-order valence-electron chi connectivity index (χ3n) is 3.93. The van der Waals surface area contributed by atoms with Gasteiger partial charge in [0.25, 0.3) is 0 Å². The van der Waals surface area contributed by atoms with Crippen LogP contribution in [0.3, 0.4) is 0 Å². The molecule has 0 saturated carbocycles. The van der Waals surface area contributed by atoms with Gasteiger partial charge in [-0.2, -0.15) is 0 Å². The smallest absolute Gasteiger partial charge is 0.0417 e. The topological polar surface area (TPSA) is 29.3 Å². The van der Waals surface area contributed by atoms with Gasteiger partial charge in [0.05, 0.1) is 0 Å². The summed E-state index contributed by atoms with van der Waals surface area (Å²) in [4.78, 5) is 2.52. The van der Waals surface area contributed by atoms with E-state index in [0.717, 1.165) is 16.9 Å². The zero-order valence-corrected chi connectivity index (χ0v) is 13.1. The van der Waals surface area contributed by atoms with E-state index in [4.69, 9.17) is 5.73 Å². The molecule has 18 heavy (non-hydrogen) atoms. The Kier molecular flexibility index (Phi) is 4.33. The molecule has 3 unspecified atom stereocenters. The SMILES string of the molecule is CC1CCN(c2ccc(Br)cc2C(C)N)C(C)C1. The molecule has 0 amide bonds. The van der Waals surface area contributed by atoms with Gasteiger partial charge in [-0.3, -0.25) is 0 Å². The molecule has 1 aromatic carbocycles. The molecule has 3 atom stereocenters. The van der Waals surface area contributed by atoms with E-state index in [1.54, 1.807) is 0 Å². The highest BCUT2D eigenvalue weighted by Crippen LogP contribution is 2.33. The minimum absolute atomic E-state index is 0.0732. The van der Waals surface area contributed by atoms with Crippen molar-refractivity contribution < 1.29 is 0 Å². The molecular formula is C15H23BrN2. The van der Waals surface area contributed by atoms with Crippen LogP contribution >= 0.6 is 15.9 Å². The molecule has 1 aromatic rings. The number of benzene rings is 1. The summed E-state index contributed by atoms with van der Waals surface area (Å²) in [6, 6.07) is 7.16. The van der Waals surface area contributed by atoms with Crippen molar-refractivity contribution in [1.82, 2.24) is 0 Å². The van der Waals surface area contributed by atoms with E-state index in [1.165, 1.54) is 24.1 Å². The van der Waals surface area contributed by atoms with Gasteiger partial charge in [-0.15, -0.1) is 0 Å². The van der Waals surface area contributed by atoms with Gasteiger partial charge >= 0.3 is 0 Å². The molecule has 1 saturated heterocycles. The summed E-state index contributed by atoms with van der Waals surface area (Å²) in [5, 5.41) is 0. The first-order chi connectivity index (χ1) is 8.49. The van der Waals surface area contributed by atoms with E-state index in [1.807, 2.05) is 0 Å². The van der Waals surface area contributed by atoms with E-state index in [9.17, 15) is 0 Å². The Balaban J connectivity index is 2.32. The Morgan fingerprint density at radius 3 is 2.72 bits per heavy atom. The van der Waals surface area contributed by atoms with Crippen LogP contribution < -0.4 is 10.6 Å². The van der Waals surface area contributed by atoms with Crippen molar-refractivity contribution >= 4 is 21.6 Å². The van der Waals surface area contributed by atoms with E-state index in [-0.39, 0.29) is 6.04 Å². The Labute approximate surface area is 119 Å². The first-order valence-electron chi connectivity index (χ1n) is 6.80. The lowest BCUT2D eigenvalue weighted by atomic mass is 9.92. The zero-order chi connectivity index (χ0) is 13.3. The summed E-state index contributed by atoms with van der Waals surface area (Å²) >= 11 is 3.54. The standard InChI is InChI=1S/C15H23BrN2/c1-10-6-7-18(11(2)8-10)15-5-4-13(16)9-14(15)12(3)17/h4-5,9-12H,6-8,17H2,1-3H3. The molecule has 1 heterocycles. The van der Waals surface area contributed by atoms with Crippen LogP contribution in [-0.4, -0.2) is 12.6 Å². The van der Waals surface area contributed by atoms with Crippen molar-refractivity contribution in [2.75, 3.05) is 11.4 Å². The monoisotopic (exact) mass is 310 g/mol. The van der Waals surface area contributed by atoms with Crippen LogP contribution in [0.25, 0.3) is 0 Å². The highest BCUT2D eigenvalue weighted by molar-refractivity contribution is 9.10. The molecule has 1 aliphatic heterocycles. The Morgan fingerprint density at radius 2 is 2.11 bits per heavy atom. The molecule has 0 spiro atoms. The van der Waals surface area contributed by atoms with Crippen LogP contribution in [0.1, 0.15) is 45.2 Å². The Hall–Kier alpha value is -0.540. The van der Waals surface area contributed by atoms with Crippen LogP contribution in [0, 0.1) is 5.92 Å². The number of hydrogen-bond donors (Lipinski definition) is 1. The lowest BCUT2D eigenvalue weighted by Gasteiger charge is -2.39. The van der Waals surface area contributed by atoms with Crippen LogP contribution in [0.15, 0.2) is 22.7 Å². The van der Waals surface area contributed by atoms with Crippen molar-refractivity contribution in [3.8, 4) is 0 Å². The summed E-state index contributed by atoms with van der Waals surface area (Å²) in [5.41, 5.74) is 8.67. The molecule has 0 aromatic heterocycles. The Bertz CT molecular complexity index is 417. The van der Waals surface area contributed by atoms with E-state index < -0.39 is 0 Å². The maximum absolute atomic E-state index is 6.12. The van der Waals surface area contributed by atoms with Gasteiger partial charge in [0.15, 0.2) is 0 Å². The number of hydrogen-bond acceptors (Lipinski definition) is 2. The summed E-state index contributed by atoms with van der Waals surface area (Å²) in [7, 11) is 0. The lowest BCUT2D eigenvalue weighted by Crippen LogP contribution is -2.41. The van der Waals surface area contributed by atoms with Gasteiger partial charge < -0.3 is 10.6 Å². The zero-order valence-electron chi connectivity index (χ0n) is 11.5. The maximum atomic E-state index is 6.12. The molecule has 100 valence electrons. The van der Waals surface area contributed by atoms with Gasteiger partial charge in [-0.25, -0.2) is 0 Å². The van der Waals surface area contributed by atoms with Crippen molar-refractivity contribution in [2.45, 2.75) is 45.7 Å². The van der Waals surface area contributed by atoms with E-state index in [2.05, 4.69) is 59.8 Å². The Morgan fingerprint density at radius 1 is 1.39 bits per heavy atom. The fourth-order valence-corrected chi connectivity index (χ4v) is 3.30. The molecule has 0 radical (unpaired) electrons. The third-order valence-corrected chi connectivity index (χ3v) is 4.42. The van der Waals surface area contributed by atoms with Gasteiger partial charge in [0.2, 0.25) is 0 Å². The van der Waals surface area contributed by atoms with Crippen LogP contribution in [0.5, 0.6) is 0 Å². The first-order valence-corrected chi connectivity index (χ1v) is 7.60. The van der Waals surface area contributed by atoms with Crippen molar-refractivity contribution in [2.24, 2.45) is 11.7 Å². The highest BCUT2D eigenvalue weighted by Gasteiger charge is 2.25. The largest absolute Gasteiger partial charge is 0.369 e. The summed E-state index contributed by atoms with van der Waals surface area (Å²) < 4.78 is 1.11. The lowest BCUT2D eigenvalue weighted by molar-refractivity contribution is 0.377. The number of anilines is 1.